The van der Waals surface area contributed by atoms with Gasteiger partial charge in [-0.05, 0) is 24.6 Å². The Morgan fingerprint density at radius 2 is 1.79 bits per heavy atom. The van der Waals surface area contributed by atoms with Crippen molar-refractivity contribution in [2.45, 2.75) is 23.9 Å². The lowest BCUT2D eigenvalue weighted by atomic mass is 10.2. The number of benzene rings is 2. The van der Waals surface area contributed by atoms with Gasteiger partial charge >= 0.3 is 6.03 Å². The normalized spacial score (nSPS) is 11.7. The molecule has 9 heteroatoms. The summed E-state index contributed by atoms with van der Waals surface area (Å²) in [5, 5.41) is 12.8. The van der Waals surface area contributed by atoms with Crippen LogP contribution in [0.3, 0.4) is 0 Å². The van der Waals surface area contributed by atoms with Crippen molar-refractivity contribution in [3.05, 3.63) is 66.0 Å². The second-order valence-electron chi connectivity index (χ2n) is 6.19. The molecule has 3 amide bonds. The van der Waals surface area contributed by atoms with Gasteiger partial charge in [-0.25, -0.2) is 9.18 Å². The molecule has 0 radical (unpaired) electrons. The van der Waals surface area contributed by atoms with Crippen LogP contribution in [0, 0.1) is 5.82 Å². The molecule has 0 aliphatic carbocycles. The van der Waals surface area contributed by atoms with Crippen LogP contribution in [0.1, 0.15) is 12.5 Å². The highest BCUT2D eigenvalue weighted by atomic mass is 32.2. The van der Waals surface area contributed by atoms with E-state index in [4.69, 9.17) is 0 Å². The van der Waals surface area contributed by atoms with E-state index in [9.17, 15) is 14.0 Å². The second-order valence-corrected chi connectivity index (χ2v) is 7.49. The maximum atomic E-state index is 14.4. The van der Waals surface area contributed by atoms with E-state index in [1.807, 2.05) is 30.3 Å². The lowest BCUT2D eigenvalue weighted by molar-refractivity contribution is -0.119. The van der Waals surface area contributed by atoms with Gasteiger partial charge in [-0.3, -0.25) is 14.7 Å². The molecule has 0 fully saturated rings. The predicted octanol–water partition coefficient (Wildman–Crippen LogP) is 3.07. The highest BCUT2D eigenvalue weighted by molar-refractivity contribution is 8.00. The lowest BCUT2D eigenvalue weighted by Crippen LogP contribution is -2.41. The number of halogens is 1. The summed E-state index contributed by atoms with van der Waals surface area (Å²) in [6.07, 6.45) is 0. The molecule has 0 aliphatic rings. The zero-order valence-corrected chi connectivity index (χ0v) is 16.7. The summed E-state index contributed by atoms with van der Waals surface area (Å²) in [4.78, 5) is 23.6. The van der Waals surface area contributed by atoms with Crippen LogP contribution >= 0.6 is 11.8 Å². The van der Waals surface area contributed by atoms with Crippen LogP contribution in [-0.2, 0) is 11.3 Å². The van der Waals surface area contributed by atoms with Crippen molar-refractivity contribution >= 4 is 23.7 Å². The number of amides is 3. The molecule has 1 atom stereocenters. The zero-order chi connectivity index (χ0) is 20.8. The van der Waals surface area contributed by atoms with Crippen LogP contribution < -0.4 is 10.6 Å². The summed E-state index contributed by atoms with van der Waals surface area (Å²) in [5.74, 6) is -0.499. The molecule has 29 heavy (non-hydrogen) atoms. The van der Waals surface area contributed by atoms with Crippen LogP contribution in [0.15, 0.2) is 59.8 Å². The molecule has 2 N–H and O–H groups in total. The van der Waals surface area contributed by atoms with E-state index in [0.717, 1.165) is 17.3 Å². The van der Waals surface area contributed by atoms with Crippen LogP contribution in [0.2, 0.25) is 0 Å². The zero-order valence-electron chi connectivity index (χ0n) is 15.9. The third-order valence-electron chi connectivity index (χ3n) is 4.13. The Kier molecular flexibility index (Phi) is 6.61. The molecule has 0 spiro atoms. The SMILES string of the molecule is CNC(=O)NC(=O)C(C)Sc1nnc(-c2ccccc2F)n1Cc1ccccc1. The molecule has 1 heterocycles. The van der Waals surface area contributed by atoms with Crippen LogP contribution in [0.25, 0.3) is 11.4 Å². The van der Waals surface area contributed by atoms with Gasteiger partial charge in [-0.2, -0.15) is 0 Å². The average molecular weight is 413 g/mol. The van der Waals surface area contributed by atoms with Gasteiger partial charge in [0.25, 0.3) is 0 Å². The molecule has 150 valence electrons. The summed E-state index contributed by atoms with van der Waals surface area (Å²) in [6, 6.07) is 15.4. The number of aromatic nitrogens is 3. The van der Waals surface area contributed by atoms with E-state index in [0.29, 0.717) is 23.1 Å². The van der Waals surface area contributed by atoms with Gasteiger partial charge in [0.15, 0.2) is 11.0 Å². The van der Waals surface area contributed by atoms with Crippen molar-refractivity contribution in [3.63, 3.8) is 0 Å². The van der Waals surface area contributed by atoms with Gasteiger partial charge in [0, 0.05) is 7.05 Å². The number of urea groups is 1. The van der Waals surface area contributed by atoms with Crippen LogP contribution in [0.5, 0.6) is 0 Å². The quantitative estimate of drug-likeness (QED) is 0.607. The molecule has 0 bridgehead atoms. The minimum absolute atomic E-state index is 0.324. The Morgan fingerprint density at radius 1 is 1.10 bits per heavy atom. The number of carbonyl (C=O) groups excluding carboxylic acids is 2. The smallest absolute Gasteiger partial charge is 0.321 e. The minimum Gasteiger partial charge on any atom is -0.341 e. The van der Waals surface area contributed by atoms with E-state index >= 15 is 0 Å². The Labute approximate surface area is 171 Å². The predicted molar refractivity (Wildman–Crippen MR) is 109 cm³/mol. The van der Waals surface area contributed by atoms with E-state index in [2.05, 4.69) is 20.8 Å². The Hall–Kier alpha value is -3.20. The molecular formula is C20H20FN5O2S. The molecule has 1 aromatic heterocycles. The highest BCUT2D eigenvalue weighted by Crippen LogP contribution is 2.29. The molecule has 0 saturated carbocycles. The molecule has 7 nitrogen and oxygen atoms in total. The van der Waals surface area contributed by atoms with Gasteiger partial charge in [0.1, 0.15) is 5.82 Å². The van der Waals surface area contributed by atoms with Gasteiger partial charge in [0.2, 0.25) is 5.91 Å². The second kappa shape index (κ2) is 9.33. The summed E-state index contributed by atoms with van der Waals surface area (Å²) < 4.78 is 16.1. The summed E-state index contributed by atoms with van der Waals surface area (Å²) in [7, 11) is 1.43. The molecule has 1 unspecified atom stereocenters. The molecule has 3 rings (SSSR count). The van der Waals surface area contributed by atoms with Crippen molar-refractivity contribution in [2.75, 3.05) is 7.05 Å². The monoisotopic (exact) mass is 413 g/mol. The van der Waals surface area contributed by atoms with Gasteiger partial charge in [0.05, 0.1) is 17.4 Å². The van der Waals surface area contributed by atoms with Crippen molar-refractivity contribution in [1.82, 2.24) is 25.4 Å². The minimum atomic E-state index is -0.612. The molecule has 2 aromatic carbocycles. The maximum Gasteiger partial charge on any atom is 0.321 e. The largest absolute Gasteiger partial charge is 0.341 e. The van der Waals surface area contributed by atoms with E-state index in [1.54, 1.807) is 29.7 Å². The summed E-state index contributed by atoms with van der Waals surface area (Å²) in [5.41, 5.74) is 1.31. The number of imide groups is 1. The number of nitrogens with one attached hydrogen (secondary N) is 2. The third kappa shape index (κ3) is 5.00. The van der Waals surface area contributed by atoms with E-state index < -0.39 is 23.0 Å². The summed E-state index contributed by atoms with van der Waals surface area (Å²) in [6.45, 7) is 2.07. The van der Waals surface area contributed by atoms with Crippen molar-refractivity contribution < 1.29 is 14.0 Å². The standard InChI is InChI=1S/C20H20FN5O2S/c1-13(18(27)23-19(28)22-2)29-20-25-24-17(15-10-6-7-11-16(15)21)26(20)12-14-8-4-3-5-9-14/h3-11,13H,12H2,1-2H3,(H2,22,23,27,28). The van der Waals surface area contributed by atoms with Crippen molar-refractivity contribution in [2.24, 2.45) is 0 Å². The topological polar surface area (TPSA) is 88.9 Å². The first-order chi connectivity index (χ1) is 14.0. The number of hydrogen-bond donors (Lipinski definition) is 2. The molecular weight excluding hydrogens is 393 g/mol. The molecule has 0 saturated heterocycles. The maximum absolute atomic E-state index is 14.4. The first-order valence-electron chi connectivity index (χ1n) is 8.91. The Morgan fingerprint density at radius 3 is 2.48 bits per heavy atom. The lowest BCUT2D eigenvalue weighted by Gasteiger charge is -2.14. The van der Waals surface area contributed by atoms with E-state index in [-0.39, 0.29) is 0 Å². The van der Waals surface area contributed by atoms with Crippen molar-refractivity contribution in [3.8, 4) is 11.4 Å². The number of hydrogen-bond acceptors (Lipinski definition) is 5. The Balaban J connectivity index is 1.93. The fourth-order valence-corrected chi connectivity index (χ4v) is 3.46. The van der Waals surface area contributed by atoms with Crippen molar-refractivity contribution in [1.29, 1.82) is 0 Å². The first-order valence-corrected chi connectivity index (χ1v) is 9.78. The van der Waals surface area contributed by atoms with E-state index in [1.165, 1.54) is 13.1 Å². The van der Waals surface area contributed by atoms with Gasteiger partial charge in [-0.1, -0.05) is 54.2 Å². The number of carbonyl (C=O) groups is 2. The Bertz CT molecular complexity index is 1010. The number of thioether (sulfide) groups is 1. The van der Waals surface area contributed by atoms with Gasteiger partial charge in [-0.15, -0.1) is 10.2 Å². The first kappa shape index (κ1) is 20.5. The molecule has 3 aromatic rings. The van der Waals surface area contributed by atoms with Gasteiger partial charge < -0.3 is 5.32 Å². The number of rotatable bonds is 6. The highest BCUT2D eigenvalue weighted by Gasteiger charge is 2.23. The van der Waals surface area contributed by atoms with Crippen LogP contribution in [-0.4, -0.2) is 39.0 Å². The van der Waals surface area contributed by atoms with Crippen LogP contribution in [0.4, 0.5) is 9.18 Å². The number of nitrogens with zero attached hydrogens (tertiary/aromatic N) is 3. The average Bonchev–Trinajstić information content (AvgIpc) is 3.10. The fraction of sp³-hybridized carbons (Fsp3) is 0.200. The third-order valence-corrected chi connectivity index (χ3v) is 5.21. The summed E-state index contributed by atoms with van der Waals surface area (Å²) >= 11 is 1.15. The fourth-order valence-electron chi connectivity index (χ4n) is 2.61. The molecule has 0 aliphatic heterocycles.